The minimum atomic E-state index is -0.107. The molecule has 0 saturated heterocycles. The van der Waals surface area contributed by atoms with Crippen LogP contribution in [0, 0.1) is 0 Å². The second-order valence-electron chi connectivity index (χ2n) is 7.06. The first-order valence-corrected chi connectivity index (χ1v) is 9.58. The van der Waals surface area contributed by atoms with E-state index in [-0.39, 0.29) is 18.4 Å². The zero-order valence-corrected chi connectivity index (χ0v) is 16.2. The Balaban J connectivity index is 1.83. The van der Waals surface area contributed by atoms with Crippen LogP contribution >= 0.6 is 0 Å². The third kappa shape index (κ3) is 6.02. The Morgan fingerprint density at radius 3 is 2.62 bits per heavy atom. The molecule has 1 fully saturated rings. The van der Waals surface area contributed by atoms with Crippen LogP contribution in [0.3, 0.4) is 0 Å². The van der Waals surface area contributed by atoms with Crippen molar-refractivity contribution in [3.63, 3.8) is 0 Å². The number of quaternary nitrogens is 1. The van der Waals surface area contributed by atoms with E-state index in [9.17, 15) is 9.59 Å². The molecule has 0 bridgehead atoms. The summed E-state index contributed by atoms with van der Waals surface area (Å²) in [5.74, 6) is 0.736. The first kappa shape index (κ1) is 20.2. The lowest BCUT2D eigenvalue weighted by molar-refractivity contribution is -0.862. The summed E-state index contributed by atoms with van der Waals surface area (Å²) >= 11 is 0. The summed E-state index contributed by atoms with van der Waals surface area (Å²) in [5, 5.41) is 2.86. The number of methoxy groups -OCH3 is 1. The predicted molar refractivity (Wildman–Crippen MR) is 103 cm³/mol. The second kappa shape index (κ2) is 10.2. The number of hydrogen-bond donors (Lipinski definition) is 2. The molecule has 6 heteroatoms. The van der Waals surface area contributed by atoms with Gasteiger partial charge in [-0.25, -0.2) is 0 Å². The van der Waals surface area contributed by atoms with Gasteiger partial charge in [0.25, 0.3) is 11.8 Å². The van der Waals surface area contributed by atoms with Crippen LogP contribution in [0.4, 0.5) is 5.69 Å². The zero-order chi connectivity index (χ0) is 18.9. The van der Waals surface area contributed by atoms with Crippen molar-refractivity contribution >= 4 is 17.5 Å². The fraction of sp³-hybridized carbons (Fsp3) is 0.600. The smallest absolute Gasteiger partial charge is 0.279 e. The maximum absolute atomic E-state index is 12.7. The number of hydrogen-bond acceptors (Lipinski definition) is 3. The van der Waals surface area contributed by atoms with Crippen LogP contribution in [0.15, 0.2) is 24.3 Å². The molecule has 0 spiro atoms. The number of likely N-dealkylation sites (N-methyl/N-ethyl adjacent to an activating group) is 2. The van der Waals surface area contributed by atoms with Crippen molar-refractivity contribution in [2.45, 2.75) is 45.1 Å². The molecule has 1 aromatic carbocycles. The van der Waals surface area contributed by atoms with Crippen LogP contribution in [0.5, 0.6) is 5.75 Å². The SMILES string of the molecule is CCN(C(=O)C[NH+](C)CC(=O)Nc1cccc(OC)c1)C1CCCCC1. The van der Waals surface area contributed by atoms with Crippen LogP contribution in [0.1, 0.15) is 39.0 Å². The third-order valence-corrected chi connectivity index (χ3v) is 4.95. The average molecular weight is 362 g/mol. The van der Waals surface area contributed by atoms with Gasteiger partial charge in [-0.05, 0) is 31.9 Å². The van der Waals surface area contributed by atoms with Gasteiger partial charge >= 0.3 is 0 Å². The average Bonchev–Trinajstić information content (AvgIpc) is 2.63. The lowest BCUT2D eigenvalue weighted by Crippen LogP contribution is -3.11. The van der Waals surface area contributed by atoms with Crippen LogP contribution < -0.4 is 15.0 Å². The van der Waals surface area contributed by atoms with Gasteiger partial charge in [0.1, 0.15) is 5.75 Å². The summed E-state index contributed by atoms with van der Waals surface area (Å²) in [6.07, 6.45) is 5.90. The summed E-state index contributed by atoms with van der Waals surface area (Å²) in [5.41, 5.74) is 0.700. The van der Waals surface area contributed by atoms with E-state index < -0.39 is 0 Å². The lowest BCUT2D eigenvalue weighted by Gasteiger charge is -2.33. The fourth-order valence-corrected chi connectivity index (χ4v) is 3.63. The molecule has 0 aliphatic heterocycles. The topological polar surface area (TPSA) is 63.1 Å². The monoisotopic (exact) mass is 362 g/mol. The molecule has 144 valence electrons. The molecular weight excluding hydrogens is 330 g/mol. The fourth-order valence-electron chi connectivity index (χ4n) is 3.63. The molecule has 1 atom stereocenters. The maximum Gasteiger partial charge on any atom is 0.279 e. The quantitative estimate of drug-likeness (QED) is 0.733. The molecule has 1 aliphatic carbocycles. The van der Waals surface area contributed by atoms with Gasteiger partial charge in [-0.1, -0.05) is 25.3 Å². The van der Waals surface area contributed by atoms with Crippen LogP contribution in [0.25, 0.3) is 0 Å². The molecule has 1 aromatic rings. The van der Waals surface area contributed by atoms with Crippen molar-refractivity contribution in [3.05, 3.63) is 24.3 Å². The first-order chi connectivity index (χ1) is 12.5. The predicted octanol–water partition coefficient (Wildman–Crippen LogP) is 1.33. The first-order valence-electron chi connectivity index (χ1n) is 9.58. The number of carbonyl (C=O) groups excluding carboxylic acids is 2. The van der Waals surface area contributed by atoms with Gasteiger partial charge in [-0.2, -0.15) is 0 Å². The number of ether oxygens (including phenoxy) is 1. The third-order valence-electron chi connectivity index (χ3n) is 4.95. The molecular formula is C20H32N3O3+. The second-order valence-corrected chi connectivity index (χ2v) is 7.06. The number of carbonyl (C=O) groups is 2. The maximum atomic E-state index is 12.7. The normalized spacial score (nSPS) is 16.0. The Morgan fingerprint density at radius 2 is 1.96 bits per heavy atom. The standard InChI is InChI=1S/C20H31N3O3/c1-4-23(17-10-6-5-7-11-17)20(25)15-22(2)14-19(24)21-16-9-8-12-18(13-16)26-3/h8-9,12-13,17H,4-7,10-11,14-15H2,1-3H3,(H,21,24)/p+1. The minimum absolute atomic E-state index is 0.107. The summed E-state index contributed by atoms with van der Waals surface area (Å²) in [4.78, 5) is 27.8. The highest BCUT2D eigenvalue weighted by atomic mass is 16.5. The molecule has 6 nitrogen and oxygen atoms in total. The Labute approximate surface area is 156 Å². The molecule has 2 amide bonds. The van der Waals surface area contributed by atoms with Gasteiger partial charge in [-0.15, -0.1) is 0 Å². The highest BCUT2D eigenvalue weighted by molar-refractivity contribution is 5.91. The van der Waals surface area contributed by atoms with E-state index in [4.69, 9.17) is 4.74 Å². The molecule has 1 saturated carbocycles. The molecule has 0 heterocycles. The Morgan fingerprint density at radius 1 is 1.23 bits per heavy atom. The number of anilines is 1. The van der Waals surface area contributed by atoms with E-state index in [1.165, 1.54) is 19.3 Å². The molecule has 1 aliphatic rings. The van der Waals surface area contributed by atoms with E-state index >= 15 is 0 Å². The molecule has 2 N–H and O–H groups in total. The summed E-state index contributed by atoms with van der Waals surface area (Å²) in [6, 6.07) is 7.64. The van der Waals surface area contributed by atoms with E-state index in [0.717, 1.165) is 24.3 Å². The summed E-state index contributed by atoms with van der Waals surface area (Å²) in [6.45, 7) is 3.38. The van der Waals surface area contributed by atoms with Gasteiger partial charge in [0.15, 0.2) is 13.1 Å². The minimum Gasteiger partial charge on any atom is -0.497 e. The van der Waals surface area contributed by atoms with Crippen LogP contribution in [-0.4, -0.2) is 56.5 Å². The van der Waals surface area contributed by atoms with Gasteiger partial charge < -0.3 is 19.9 Å². The van der Waals surface area contributed by atoms with Crippen molar-refractivity contribution in [2.75, 3.05) is 39.1 Å². The number of nitrogens with one attached hydrogen (secondary N) is 2. The van der Waals surface area contributed by atoms with Crippen molar-refractivity contribution in [2.24, 2.45) is 0 Å². The highest BCUT2D eigenvalue weighted by Gasteiger charge is 2.26. The molecule has 26 heavy (non-hydrogen) atoms. The zero-order valence-electron chi connectivity index (χ0n) is 16.2. The number of rotatable bonds is 8. The van der Waals surface area contributed by atoms with E-state index in [0.29, 0.717) is 24.0 Å². The molecule has 2 rings (SSSR count). The van der Waals surface area contributed by atoms with Gasteiger partial charge in [-0.3, -0.25) is 9.59 Å². The largest absolute Gasteiger partial charge is 0.497 e. The summed E-state index contributed by atoms with van der Waals surface area (Å²) < 4.78 is 5.16. The van der Waals surface area contributed by atoms with Crippen molar-refractivity contribution in [3.8, 4) is 5.75 Å². The molecule has 0 aromatic heterocycles. The van der Waals surface area contributed by atoms with E-state index in [2.05, 4.69) is 5.32 Å². The van der Waals surface area contributed by atoms with Gasteiger partial charge in [0.2, 0.25) is 0 Å². The van der Waals surface area contributed by atoms with Gasteiger partial charge in [0.05, 0.1) is 14.2 Å². The Bertz CT molecular complexity index is 600. The number of benzene rings is 1. The lowest BCUT2D eigenvalue weighted by atomic mass is 9.94. The van der Waals surface area contributed by atoms with Crippen LogP contribution in [0.2, 0.25) is 0 Å². The number of nitrogens with zero attached hydrogens (tertiary/aromatic N) is 1. The Kier molecular flexibility index (Phi) is 7.91. The van der Waals surface area contributed by atoms with E-state index in [1.807, 2.05) is 37.1 Å². The summed E-state index contributed by atoms with van der Waals surface area (Å²) in [7, 11) is 3.48. The molecule has 0 radical (unpaired) electrons. The highest BCUT2D eigenvalue weighted by Crippen LogP contribution is 2.22. The Hall–Kier alpha value is -2.08. The van der Waals surface area contributed by atoms with Crippen molar-refractivity contribution in [1.82, 2.24) is 4.90 Å². The van der Waals surface area contributed by atoms with Crippen LogP contribution in [-0.2, 0) is 9.59 Å². The van der Waals surface area contributed by atoms with E-state index in [1.54, 1.807) is 13.2 Å². The van der Waals surface area contributed by atoms with Crippen molar-refractivity contribution in [1.29, 1.82) is 0 Å². The van der Waals surface area contributed by atoms with Gasteiger partial charge in [0, 0.05) is 24.3 Å². The number of amides is 2. The van der Waals surface area contributed by atoms with Crippen molar-refractivity contribution < 1.29 is 19.2 Å². The molecule has 1 unspecified atom stereocenters.